The molecule has 0 unspecified atom stereocenters. The maximum Gasteiger partial charge on any atom is 0.271 e. The molecule has 6 nitrogen and oxygen atoms in total. The van der Waals surface area contributed by atoms with E-state index in [0.29, 0.717) is 16.5 Å². The Hall–Kier alpha value is -2.34. The quantitative estimate of drug-likeness (QED) is 0.776. The van der Waals surface area contributed by atoms with Crippen LogP contribution in [-0.2, 0) is 7.05 Å². The number of amides is 1. The summed E-state index contributed by atoms with van der Waals surface area (Å²) in [6.07, 6.45) is 1.85. The summed E-state index contributed by atoms with van der Waals surface area (Å²) in [5.41, 5.74) is 1.61. The molecule has 0 saturated carbocycles. The molecule has 4 rings (SSSR count). The molecule has 1 aliphatic rings. The van der Waals surface area contributed by atoms with E-state index in [0.717, 1.165) is 36.1 Å². The summed E-state index contributed by atoms with van der Waals surface area (Å²) in [4.78, 5) is 19.4. The lowest BCUT2D eigenvalue weighted by molar-refractivity contribution is 0.0721. The largest absolute Gasteiger partial charge is 0.340 e. The average molecular weight is 344 g/mol. The summed E-state index contributed by atoms with van der Waals surface area (Å²) in [6, 6.07) is 7.52. The smallest absolute Gasteiger partial charge is 0.271 e. The third kappa shape index (κ3) is 2.38. The van der Waals surface area contributed by atoms with Gasteiger partial charge in [0.05, 0.1) is 6.04 Å². The van der Waals surface area contributed by atoms with Gasteiger partial charge in [-0.3, -0.25) is 9.89 Å². The first kappa shape index (κ1) is 15.2. The highest BCUT2D eigenvalue weighted by Gasteiger charge is 2.34. The van der Waals surface area contributed by atoms with Crippen LogP contribution in [0.15, 0.2) is 24.3 Å². The van der Waals surface area contributed by atoms with Crippen LogP contribution in [0.2, 0.25) is 5.02 Å². The zero-order chi connectivity index (χ0) is 16.8. The van der Waals surface area contributed by atoms with Crippen LogP contribution in [0.1, 0.15) is 41.0 Å². The highest BCUT2D eigenvalue weighted by Crippen LogP contribution is 2.32. The average Bonchev–Trinajstić information content (AvgIpc) is 3.26. The molecule has 7 heteroatoms. The van der Waals surface area contributed by atoms with Crippen molar-refractivity contribution < 1.29 is 4.79 Å². The molecular formula is C17H18ClN5O. The van der Waals surface area contributed by atoms with E-state index in [-0.39, 0.29) is 11.9 Å². The van der Waals surface area contributed by atoms with Crippen LogP contribution in [0.5, 0.6) is 0 Å². The first-order chi connectivity index (χ1) is 11.5. The van der Waals surface area contributed by atoms with Crippen molar-refractivity contribution in [1.82, 2.24) is 24.6 Å². The van der Waals surface area contributed by atoms with E-state index in [1.807, 2.05) is 47.7 Å². The van der Waals surface area contributed by atoms with Crippen molar-refractivity contribution in [1.29, 1.82) is 0 Å². The van der Waals surface area contributed by atoms with Gasteiger partial charge in [-0.2, -0.15) is 5.10 Å². The van der Waals surface area contributed by atoms with Crippen LogP contribution in [-0.4, -0.2) is 37.1 Å². The van der Waals surface area contributed by atoms with E-state index in [1.165, 1.54) is 0 Å². The van der Waals surface area contributed by atoms with Crippen LogP contribution >= 0.6 is 11.6 Å². The maximum absolute atomic E-state index is 13.1. The molecule has 3 aromatic rings. The van der Waals surface area contributed by atoms with E-state index < -0.39 is 0 Å². The van der Waals surface area contributed by atoms with Crippen LogP contribution in [0.3, 0.4) is 0 Å². The molecule has 124 valence electrons. The summed E-state index contributed by atoms with van der Waals surface area (Å²) in [6.45, 7) is 2.59. The topological polar surface area (TPSA) is 66.8 Å². The number of likely N-dealkylation sites (tertiary alicyclic amines) is 1. The Kier molecular flexibility index (Phi) is 3.57. The number of nitrogens with one attached hydrogen (secondary N) is 1. The molecule has 1 N–H and O–H groups in total. The molecule has 1 saturated heterocycles. The van der Waals surface area contributed by atoms with E-state index in [4.69, 9.17) is 11.6 Å². The van der Waals surface area contributed by atoms with Gasteiger partial charge in [-0.15, -0.1) is 0 Å². The number of aryl methyl sites for hydroxylation is 2. The molecule has 2 aromatic heterocycles. The van der Waals surface area contributed by atoms with Crippen LogP contribution in [0, 0.1) is 6.92 Å². The molecule has 0 bridgehead atoms. The zero-order valence-electron chi connectivity index (χ0n) is 13.6. The van der Waals surface area contributed by atoms with Crippen molar-refractivity contribution in [2.75, 3.05) is 6.54 Å². The molecule has 1 aliphatic heterocycles. The van der Waals surface area contributed by atoms with E-state index in [1.54, 1.807) is 0 Å². The molecule has 1 aromatic carbocycles. The fourth-order valence-corrected chi connectivity index (χ4v) is 3.61. The second-order valence-corrected chi connectivity index (χ2v) is 6.66. The van der Waals surface area contributed by atoms with Gasteiger partial charge in [-0.1, -0.05) is 17.7 Å². The number of nitrogens with zero attached hydrogens (tertiary/aromatic N) is 4. The number of rotatable bonds is 2. The van der Waals surface area contributed by atoms with E-state index in [2.05, 4.69) is 15.2 Å². The Morgan fingerprint density at radius 2 is 2.21 bits per heavy atom. The molecule has 24 heavy (non-hydrogen) atoms. The minimum atomic E-state index is -0.0657. The number of aromatic amines is 1. The lowest BCUT2D eigenvalue weighted by Crippen LogP contribution is -2.32. The SMILES string of the molecule is Cc1nc([C@@H]2CCCN2C(=O)c2cc3ccc(Cl)cc3n2C)n[nH]1. The van der Waals surface area contributed by atoms with Crippen molar-refractivity contribution >= 4 is 28.4 Å². The Labute approximate surface area is 144 Å². The number of H-pyrrole nitrogens is 1. The van der Waals surface area contributed by atoms with Crippen LogP contribution < -0.4 is 0 Å². The predicted molar refractivity (Wildman–Crippen MR) is 92.1 cm³/mol. The fraction of sp³-hybridized carbons (Fsp3) is 0.353. The molecule has 1 fully saturated rings. The van der Waals surface area contributed by atoms with Crippen molar-refractivity contribution in [3.8, 4) is 0 Å². The maximum atomic E-state index is 13.1. The number of halogens is 1. The van der Waals surface area contributed by atoms with Gasteiger partial charge in [-0.05, 0) is 38.0 Å². The molecule has 0 spiro atoms. The second kappa shape index (κ2) is 5.63. The Bertz CT molecular complexity index is 928. The highest BCUT2D eigenvalue weighted by molar-refractivity contribution is 6.31. The Balaban J connectivity index is 1.71. The Morgan fingerprint density at radius 1 is 1.38 bits per heavy atom. The number of hydrogen-bond donors (Lipinski definition) is 1. The fourth-order valence-electron chi connectivity index (χ4n) is 3.44. The summed E-state index contributed by atoms with van der Waals surface area (Å²) < 4.78 is 1.90. The number of hydrogen-bond acceptors (Lipinski definition) is 3. The minimum absolute atomic E-state index is 0.00905. The second-order valence-electron chi connectivity index (χ2n) is 6.23. The lowest BCUT2D eigenvalue weighted by atomic mass is 10.2. The lowest BCUT2D eigenvalue weighted by Gasteiger charge is -2.22. The van der Waals surface area contributed by atoms with Gasteiger partial charge in [0.2, 0.25) is 0 Å². The predicted octanol–water partition coefficient (Wildman–Crippen LogP) is 3.24. The van der Waals surface area contributed by atoms with Crippen molar-refractivity contribution in [2.24, 2.45) is 7.05 Å². The molecule has 1 atom stereocenters. The third-order valence-corrected chi connectivity index (χ3v) is 4.89. The molecule has 0 radical (unpaired) electrons. The summed E-state index contributed by atoms with van der Waals surface area (Å²) >= 11 is 6.08. The Morgan fingerprint density at radius 3 is 2.96 bits per heavy atom. The highest BCUT2D eigenvalue weighted by atomic mass is 35.5. The normalized spacial score (nSPS) is 17.8. The van der Waals surface area contributed by atoms with E-state index in [9.17, 15) is 4.79 Å². The summed E-state index contributed by atoms with van der Waals surface area (Å²) in [5, 5.41) is 8.79. The van der Waals surface area contributed by atoms with Crippen molar-refractivity contribution in [3.05, 3.63) is 46.6 Å². The molecular weight excluding hydrogens is 326 g/mol. The van der Waals surface area contributed by atoms with E-state index >= 15 is 0 Å². The van der Waals surface area contributed by atoms with Crippen LogP contribution in [0.25, 0.3) is 10.9 Å². The number of carbonyl (C=O) groups is 1. The number of carbonyl (C=O) groups excluding carboxylic acids is 1. The van der Waals surface area contributed by atoms with Gasteiger partial charge in [0.25, 0.3) is 5.91 Å². The molecule has 0 aliphatic carbocycles. The van der Waals surface area contributed by atoms with Gasteiger partial charge in [0, 0.05) is 29.5 Å². The minimum Gasteiger partial charge on any atom is -0.340 e. The third-order valence-electron chi connectivity index (χ3n) is 4.65. The monoisotopic (exact) mass is 343 g/mol. The first-order valence-corrected chi connectivity index (χ1v) is 8.37. The van der Waals surface area contributed by atoms with Crippen LogP contribution in [0.4, 0.5) is 0 Å². The molecule has 1 amide bonds. The van der Waals surface area contributed by atoms with Gasteiger partial charge in [0.1, 0.15) is 11.5 Å². The van der Waals surface area contributed by atoms with Crippen molar-refractivity contribution in [2.45, 2.75) is 25.8 Å². The summed E-state index contributed by atoms with van der Waals surface area (Å²) in [7, 11) is 1.90. The number of benzene rings is 1. The van der Waals surface area contributed by atoms with Gasteiger partial charge in [-0.25, -0.2) is 4.98 Å². The summed E-state index contributed by atoms with van der Waals surface area (Å²) in [5.74, 6) is 1.47. The first-order valence-electron chi connectivity index (χ1n) is 7.99. The van der Waals surface area contributed by atoms with Gasteiger partial charge >= 0.3 is 0 Å². The van der Waals surface area contributed by atoms with Gasteiger partial charge in [0.15, 0.2) is 5.82 Å². The van der Waals surface area contributed by atoms with Crippen molar-refractivity contribution in [3.63, 3.8) is 0 Å². The van der Waals surface area contributed by atoms with Gasteiger partial charge < -0.3 is 9.47 Å². The number of aromatic nitrogens is 4. The number of fused-ring (bicyclic) bond motifs is 1. The zero-order valence-corrected chi connectivity index (χ0v) is 14.3. The molecule has 3 heterocycles. The standard InChI is InChI=1S/C17H18ClN5O/c1-10-19-16(21-20-10)13-4-3-7-23(13)17(24)15-8-11-5-6-12(18)9-14(11)22(15)2/h5-6,8-9,13H,3-4,7H2,1-2H3,(H,19,20,21)/t13-/m0/s1.